The van der Waals surface area contributed by atoms with Crippen molar-refractivity contribution in [2.75, 3.05) is 19.6 Å². The molecule has 2 heterocycles. The Morgan fingerprint density at radius 3 is 2.59 bits per heavy atom. The molecule has 0 bridgehead atoms. The molecule has 0 saturated carbocycles. The van der Waals surface area contributed by atoms with Crippen LogP contribution in [0, 0.1) is 18.7 Å². The molecule has 2 fully saturated rings. The second-order valence-corrected chi connectivity index (χ2v) is 7.39. The molecule has 2 aliphatic heterocycles. The third-order valence-electron chi connectivity index (χ3n) is 5.29. The number of likely N-dealkylation sites (tertiary alicyclic amines) is 1. The van der Waals surface area contributed by atoms with Crippen LogP contribution in [0.4, 0.5) is 13.2 Å². The van der Waals surface area contributed by atoms with E-state index in [4.69, 9.17) is 0 Å². The Morgan fingerprint density at radius 2 is 2.00 bits per heavy atom. The molecule has 27 heavy (non-hydrogen) atoms. The van der Waals surface area contributed by atoms with Crippen LogP contribution < -0.4 is 10.6 Å². The molecule has 2 N–H and O–H groups in total. The molecule has 1 aromatic carbocycles. The molecule has 3 rings (SSSR count). The maximum absolute atomic E-state index is 13.6. The Hall–Kier alpha value is -2.09. The number of amides is 2. The molecule has 0 spiro atoms. The fourth-order valence-corrected chi connectivity index (χ4v) is 3.55. The van der Waals surface area contributed by atoms with Crippen molar-refractivity contribution >= 4 is 11.8 Å². The summed E-state index contributed by atoms with van der Waals surface area (Å²) in [4.78, 5) is 26.2. The van der Waals surface area contributed by atoms with Crippen LogP contribution in [0.2, 0.25) is 0 Å². The van der Waals surface area contributed by atoms with Gasteiger partial charge in [-0.15, -0.1) is 0 Å². The minimum Gasteiger partial charge on any atom is -0.352 e. The second kappa shape index (κ2) is 7.88. The van der Waals surface area contributed by atoms with Crippen LogP contribution in [0.5, 0.6) is 0 Å². The van der Waals surface area contributed by atoms with Gasteiger partial charge in [0.25, 0.3) is 5.92 Å². The van der Waals surface area contributed by atoms with E-state index in [1.807, 2.05) is 0 Å². The van der Waals surface area contributed by atoms with Crippen LogP contribution in [0.1, 0.15) is 30.4 Å². The van der Waals surface area contributed by atoms with E-state index >= 15 is 0 Å². The summed E-state index contributed by atoms with van der Waals surface area (Å²) < 4.78 is 40.1. The van der Waals surface area contributed by atoms with Crippen molar-refractivity contribution in [3.8, 4) is 0 Å². The number of carbonyl (C=O) groups is 2. The number of nitrogens with one attached hydrogen (secondary N) is 2. The summed E-state index contributed by atoms with van der Waals surface area (Å²) in [5.41, 5.74) is 1.24. The predicted octanol–water partition coefficient (Wildman–Crippen LogP) is 1.99. The number of halogens is 3. The Bertz CT molecular complexity index is 718. The summed E-state index contributed by atoms with van der Waals surface area (Å²) in [6.07, 6.45) is 0.505. The first-order valence-corrected chi connectivity index (χ1v) is 9.18. The molecular weight excluding hydrogens is 359 g/mol. The lowest BCUT2D eigenvalue weighted by atomic mass is 9.95. The molecule has 2 amide bonds. The van der Waals surface area contributed by atoms with Crippen LogP contribution in [0.25, 0.3) is 0 Å². The van der Waals surface area contributed by atoms with Gasteiger partial charge in [0.15, 0.2) is 0 Å². The van der Waals surface area contributed by atoms with Gasteiger partial charge in [-0.25, -0.2) is 13.2 Å². The van der Waals surface area contributed by atoms with E-state index in [0.717, 1.165) is 0 Å². The fraction of sp³-hybridized carbons (Fsp3) is 0.579. The number of benzene rings is 1. The molecule has 0 aromatic heterocycles. The van der Waals surface area contributed by atoms with Crippen molar-refractivity contribution < 1.29 is 22.8 Å². The molecule has 1 aromatic rings. The highest BCUT2D eigenvalue weighted by atomic mass is 19.3. The minimum atomic E-state index is -2.84. The first-order chi connectivity index (χ1) is 12.7. The number of aryl methyl sites for hydroxylation is 1. The van der Waals surface area contributed by atoms with Crippen molar-refractivity contribution in [2.24, 2.45) is 5.92 Å². The van der Waals surface area contributed by atoms with Gasteiger partial charge in [-0.05, 0) is 37.0 Å². The van der Waals surface area contributed by atoms with Crippen molar-refractivity contribution in [1.82, 2.24) is 15.5 Å². The molecule has 148 valence electrons. The van der Waals surface area contributed by atoms with Crippen LogP contribution in [-0.2, 0) is 16.1 Å². The Balaban J connectivity index is 1.45. The largest absolute Gasteiger partial charge is 0.352 e. The average molecular weight is 383 g/mol. The lowest BCUT2D eigenvalue weighted by Gasteiger charge is -2.33. The molecule has 1 unspecified atom stereocenters. The molecule has 0 aliphatic carbocycles. The van der Waals surface area contributed by atoms with Crippen LogP contribution >= 0.6 is 0 Å². The van der Waals surface area contributed by atoms with E-state index in [0.29, 0.717) is 37.1 Å². The minimum absolute atomic E-state index is 0.131. The normalized spacial score (nSPS) is 22.7. The van der Waals surface area contributed by atoms with Gasteiger partial charge < -0.3 is 10.2 Å². The van der Waals surface area contributed by atoms with E-state index in [-0.39, 0.29) is 30.1 Å². The van der Waals surface area contributed by atoms with Crippen molar-refractivity contribution in [3.05, 3.63) is 35.1 Å². The summed E-state index contributed by atoms with van der Waals surface area (Å²) in [5.74, 6) is -3.83. The van der Waals surface area contributed by atoms with Gasteiger partial charge in [0, 0.05) is 32.0 Å². The maximum atomic E-state index is 13.6. The lowest BCUT2D eigenvalue weighted by molar-refractivity contribution is -0.137. The first kappa shape index (κ1) is 19.7. The van der Waals surface area contributed by atoms with Crippen molar-refractivity contribution in [2.45, 2.75) is 44.7 Å². The zero-order chi connectivity index (χ0) is 19.6. The predicted molar refractivity (Wildman–Crippen MR) is 93.6 cm³/mol. The van der Waals surface area contributed by atoms with Gasteiger partial charge in [-0.1, -0.05) is 12.1 Å². The Morgan fingerprint density at radius 1 is 1.30 bits per heavy atom. The third-order valence-corrected chi connectivity index (χ3v) is 5.29. The van der Waals surface area contributed by atoms with Gasteiger partial charge in [-0.2, -0.15) is 0 Å². The van der Waals surface area contributed by atoms with Gasteiger partial charge >= 0.3 is 0 Å². The number of piperidine rings is 1. The molecule has 2 aliphatic rings. The molecular formula is C19H24F3N3O2. The second-order valence-electron chi connectivity index (χ2n) is 7.39. The van der Waals surface area contributed by atoms with Crippen LogP contribution in [-0.4, -0.2) is 48.3 Å². The molecule has 1 atom stereocenters. The number of hydrogen-bond acceptors (Lipinski definition) is 3. The number of carbonyl (C=O) groups excluding carboxylic acids is 2. The quantitative estimate of drug-likeness (QED) is 0.836. The summed E-state index contributed by atoms with van der Waals surface area (Å²) in [6.45, 7) is 2.20. The number of alkyl halides is 2. The summed E-state index contributed by atoms with van der Waals surface area (Å²) in [6, 6.07) is 3.99. The number of rotatable bonds is 4. The van der Waals surface area contributed by atoms with Crippen molar-refractivity contribution in [3.63, 3.8) is 0 Å². The van der Waals surface area contributed by atoms with E-state index in [1.165, 1.54) is 6.07 Å². The third kappa shape index (κ3) is 4.80. The molecule has 5 nitrogen and oxygen atoms in total. The molecule has 2 saturated heterocycles. The van der Waals surface area contributed by atoms with Gasteiger partial charge in [-0.3, -0.25) is 14.9 Å². The van der Waals surface area contributed by atoms with E-state index in [2.05, 4.69) is 10.6 Å². The SMILES string of the molecule is Cc1ccc(CNC(=O)C2CCN(C(=O)C3CC(F)(F)CN3)CC2)cc1F. The molecule has 0 radical (unpaired) electrons. The van der Waals surface area contributed by atoms with E-state index in [9.17, 15) is 22.8 Å². The van der Waals surface area contributed by atoms with Gasteiger partial charge in [0.05, 0.1) is 12.6 Å². The van der Waals surface area contributed by atoms with Gasteiger partial charge in [0.1, 0.15) is 5.82 Å². The maximum Gasteiger partial charge on any atom is 0.262 e. The Labute approximate surface area is 156 Å². The number of hydrogen-bond donors (Lipinski definition) is 2. The zero-order valence-electron chi connectivity index (χ0n) is 15.2. The highest BCUT2D eigenvalue weighted by Gasteiger charge is 2.44. The lowest BCUT2D eigenvalue weighted by Crippen LogP contribution is -2.48. The topological polar surface area (TPSA) is 61.4 Å². The zero-order valence-corrected chi connectivity index (χ0v) is 15.2. The Kier molecular flexibility index (Phi) is 5.74. The standard InChI is InChI=1S/C19H24F3N3O2/c1-12-2-3-13(8-15(12)20)10-23-17(26)14-4-6-25(7-5-14)18(27)16-9-19(21,22)11-24-16/h2-3,8,14,16,24H,4-7,9-11H2,1H3,(H,23,26). The highest BCUT2D eigenvalue weighted by Crippen LogP contribution is 2.27. The molecule has 8 heteroatoms. The highest BCUT2D eigenvalue weighted by molar-refractivity contribution is 5.83. The summed E-state index contributed by atoms with van der Waals surface area (Å²) in [5, 5.41) is 5.38. The van der Waals surface area contributed by atoms with E-state index < -0.39 is 24.9 Å². The van der Waals surface area contributed by atoms with Crippen molar-refractivity contribution in [1.29, 1.82) is 0 Å². The van der Waals surface area contributed by atoms with Crippen LogP contribution in [0.3, 0.4) is 0 Å². The summed E-state index contributed by atoms with van der Waals surface area (Å²) in [7, 11) is 0. The van der Waals surface area contributed by atoms with Crippen LogP contribution in [0.15, 0.2) is 18.2 Å². The van der Waals surface area contributed by atoms with E-state index in [1.54, 1.807) is 24.0 Å². The first-order valence-electron chi connectivity index (χ1n) is 9.18. The smallest absolute Gasteiger partial charge is 0.262 e. The summed E-state index contributed by atoms with van der Waals surface area (Å²) >= 11 is 0. The van der Waals surface area contributed by atoms with Gasteiger partial charge in [0.2, 0.25) is 11.8 Å². The fourth-order valence-electron chi connectivity index (χ4n) is 3.55. The number of nitrogens with zero attached hydrogens (tertiary/aromatic N) is 1. The average Bonchev–Trinajstić information content (AvgIpc) is 3.02. The monoisotopic (exact) mass is 383 g/mol.